The zero-order chi connectivity index (χ0) is 24.6. The lowest BCUT2D eigenvalue weighted by Crippen LogP contribution is -2.16. The van der Waals surface area contributed by atoms with Gasteiger partial charge in [0.05, 0.1) is 12.9 Å². The molecule has 10 heteroatoms. The van der Waals surface area contributed by atoms with Crippen LogP contribution in [0.15, 0.2) is 71.2 Å². The number of nitrogens with zero attached hydrogens (tertiary/aromatic N) is 3. The minimum absolute atomic E-state index is 0.108. The van der Waals surface area contributed by atoms with Crippen LogP contribution in [0.1, 0.15) is 23.1 Å². The van der Waals surface area contributed by atoms with Crippen LogP contribution in [0.2, 0.25) is 0 Å². The molecule has 2 aromatic carbocycles. The average molecular weight is 509 g/mol. The number of anilines is 1. The van der Waals surface area contributed by atoms with Crippen molar-refractivity contribution in [2.75, 3.05) is 18.2 Å². The largest absolute Gasteiger partial charge is 0.486 e. The molecule has 1 amide bonds. The van der Waals surface area contributed by atoms with Gasteiger partial charge < -0.3 is 19.4 Å². The molecule has 180 valence electrons. The maximum Gasteiger partial charge on any atom is 0.341 e. The second-order valence-electron chi connectivity index (χ2n) is 7.29. The van der Waals surface area contributed by atoms with Gasteiger partial charge in [0.25, 0.3) is 0 Å². The molecule has 0 saturated heterocycles. The van der Waals surface area contributed by atoms with Gasteiger partial charge in [0.1, 0.15) is 22.9 Å². The van der Waals surface area contributed by atoms with Crippen LogP contribution in [0.3, 0.4) is 0 Å². The number of ether oxygens (including phenoxy) is 2. The van der Waals surface area contributed by atoms with E-state index in [4.69, 9.17) is 9.47 Å². The summed E-state index contributed by atoms with van der Waals surface area (Å²) in [6.07, 6.45) is 0. The smallest absolute Gasteiger partial charge is 0.341 e. The lowest BCUT2D eigenvalue weighted by Gasteiger charge is -2.09. The Morgan fingerprint density at radius 3 is 2.46 bits per heavy atom. The number of thioether (sulfide) groups is 1. The first-order valence-electron chi connectivity index (χ1n) is 10.9. The van der Waals surface area contributed by atoms with Gasteiger partial charge in [-0.15, -0.1) is 21.5 Å². The van der Waals surface area contributed by atoms with Crippen LogP contribution in [-0.4, -0.2) is 39.5 Å². The van der Waals surface area contributed by atoms with Crippen molar-refractivity contribution in [1.29, 1.82) is 0 Å². The highest BCUT2D eigenvalue weighted by Crippen LogP contribution is 2.36. The molecule has 0 aliphatic carbocycles. The number of aromatic nitrogens is 3. The number of nitrogens with one attached hydrogen (secondary N) is 1. The van der Waals surface area contributed by atoms with Gasteiger partial charge >= 0.3 is 5.97 Å². The van der Waals surface area contributed by atoms with E-state index in [1.54, 1.807) is 0 Å². The van der Waals surface area contributed by atoms with Crippen molar-refractivity contribution < 1.29 is 19.1 Å². The predicted octanol–water partition coefficient (Wildman–Crippen LogP) is 5.12. The second kappa shape index (κ2) is 11.7. The minimum Gasteiger partial charge on any atom is -0.486 e. The van der Waals surface area contributed by atoms with E-state index in [1.807, 2.05) is 77.5 Å². The summed E-state index contributed by atoms with van der Waals surface area (Å²) in [6, 6.07) is 19.0. The summed E-state index contributed by atoms with van der Waals surface area (Å²) in [6.45, 7) is 2.90. The number of hydrogen-bond acceptors (Lipinski definition) is 8. The van der Waals surface area contributed by atoms with E-state index < -0.39 is 5.97 Å². The minimum atomic E-state index is -0.498. The summed E-state index contributed by atoms with van der Waals surface area (Å²) in [5.74, 6) is 0.782. The summed E-state index contributed by atoms with van der Waals surface area (Å²) >= 11 is 2.56. The van der Waals surface area contributed by atoms with Crippen LogP contribution < -0.4 is 10.1 Å². The quantitative estimate of drug-likeness (QED) is 0.235. The maximum absolute atomic E-state index is 12.8. The van der Waals surface area contributed by atoms with E-state index in [0.29, 0.717) is 28.1 Å². The van der Waals surface area contributed by atoms with E-state index in [2.05, 4.69) is 15.5 Å². The highest BCUT2D eigenvalue weighted by molar-refractivity contribution is 7.99. The SMILES string of the molecule is CCn1c(COc2ccccc2)nnc1SCC(=O)Nc1scc(-c2ccccc2)c1C(=O)OC. The Morgan fingerprint density at radius 2 is 1.77 bits per heavy atom. The van der Waals surface area contributed by atoms with E-state index >= 15 is 0 Å². The molecule has 0 bridgehead atoms. The molecule has 0 aliphatic heterocycles. The van der Waals surface area contributed by atoms with Gasteiger partial charge in [-0.25, -0.2) is 4.79 Å². The number of hydrogen-bond donors (Lipinski definition) is 1. The molecule has 35 heavy (non-hydrogen) atoms. The summed E-state index contributed by atoms with van der Waals surface area (Å²) in [5, 5.41) is 14.2. The summed E-state index contributed by atoms with van der Waals surface area (Å²) in [5.41, 5.74) is 1.94. The lowest BCUT2D eigenvalue weighted by molar-refractivity contribution is -0.113. The fourth-order valence-corrected chi connectivity index (χ4v) is 5.19. The molecule has 0 unspecified atom stereocenters. The van der Waals surface area contributed by atoms with Gasteiger partial charge in [-0.1, -0.05) is 60.3 Å². The van der Waals surface area contributed by atoms with Crippen molar-refractivity contribution in [3.05, 3.63) is 77.4 Å². The van der Waals surface area contributed by atoms with Gasteiger partial charge in [-0.3, -0.25) is 4.79 Å². The topological polar surface area (TPSA) is 95.3 Å². The van der Waals surface area contributed by atoms with Crippen LogP contribution in [0.5, 0.6) is 5.75 Å². The number of thiophene rings is 1. The molecule has 4 aromatic rings. The molecular formula is C25H24N4O4S2. The van der Waals surface area contributed by atoms with Crippen molar-refractivity contribution in [3.8, 4) is 16.9 Å². The third kappa shape index (κ3) is 5.90. The molecule has 2 aromatic heterocycles. The van der Waals surface area contributed by atoms with Gasteiger partial charge in [0, 0.05) is 17.5 Å². The number of rotatable bonds is 10. The third-order valence-corrected chi connectivity index (χ3v) is 6.93. The first kappa shape index (κ1) is 24.5. The Kier molecular flexibility index (Phi) is 8.17. The Hall–Kier alpha value is -3.63. The molecule has 0 atom stereocenters. The van der Waals surface area contributed by atoms with E-state index in [1.165, 1.54) is 30.2 Å². The number of methoxy groups -OCH3 is 1. The maximum atomic E-state index is 12.8. The Morgan fingerprint density at radius 1 is 1.06 bits per heavy atom. The monoisotopic (exact) mass is 508 g/mol. The van der Waals surface area contributed by atoms with Crippen molar-refractivity contribution in [2.45, 2.75) is 25.2 Å². The molecule has 0 aliphatic rings. The van der Waals surface area contributed by atoms with Gasteiger partial charge in [-0.2, -0.15) is 0 Å². The van der Waals surface area contributed by atoms with Crippen molar-refractivity contribution in [1.82, 2.24) is 14.8 Å². The van der Waals surface area contributed by atoms with Crippen molar-refractivity contribution >= 4 is 40.0 Å². The zero-order valence-corrected chi connectivity index (χ0v) is 20.9. The number of carbonyl (C=O) groups excluding carboxylic acids is 2. The molecule has 0 fully saturated rings. The second-order valence-corrected chi connectivity index (χ2v) is 9.11. The van der Waals surface area contributed by atoms with E-state index in [0.717, 1.165) is 16.9 Å². The summed E-state index contributed by atoms with van der Waals surface area (Å²) in [4.78, 5) is 25.2. The third-order valence-electron chi connectivity index (χ3n) is 5.07. The van der Waals surface area contributed by atoms with Crippen LogP contribution >= 0.6 is 23.1 Å². The molecular weight excluding hydrogens is 484 g/mol. The predicted molar refractivity (Wildman–Crippen MR) is 137 cm³/mol. The fraction of sp³-hybridized carbons (Fsp3) is 0.200. The fourth-order valence-electron chi connectivity index (χ4n) is 3.39. The van der Waals surface area contributed by atoms with Gasteiger partial charge in [-0.05, 0) is 24.6 Å². The van der Waals surface area contributed by atoms with Crippen molar-refractivity contribution in [3.63, 3.8) is 0 Å². The summed E-state index contributed by atoms with van der Waals surface area (Å²) in [7, 11) is 1.33. The number of amides is 1. The highest BCUT2D eigenvalue weighted by atomic mass is 32.2. The molecule has 0 saturated carbocycles. The summed E-state index contributed by atoms with van der Waals surface area (Å²) < 4.78 is 12.7. The number of benzene rings is 2. The van der Waals surface area contributed by atoms with E-state index in [9.17, 15) is 9.59 Å². The van der Waals surface area contributed by atoms with Crippen LogP contribution in [-0.2, 0) is 22.7 Å². The van der Waals surface area contributed by atoms with Crippen LogP contribution in [0.25, 0.3) is 11.1 Å². The molecule has 4 rings (SSSR count). The zero-order valence-electron chi connectivity index (χ0n) is 19.3. The van der Waals surface area contributed by atoms with Crippen molar-refractivity contribution in [2.24, 2.45) is 0 Å². The first-order valence-corrected chi connectivity index (χ1v) is 12.7. The van der Waals surface area contributed by atoms with Gasteiger partial charge in [0.2, 0.25) is 5.91 Å². The van der Waals surface area contributed by atoms with Gasteiger partial charge in [0.15, 0.2) is 11.0 Å². The molecule has 1 N–H and O–H groups in total. The average Bonchev–Trinajstić information content (AvgIpc) is 3.50. The molecule has 0 radical (unpaired) electrons. The number of esters is 1. The highest BCUT2D eigenvalue weighted by Gasteiger charge is 2.22. The van der Waals surface area contributed by atoms with E-state index in [-0.39, 0.29) is 18.3 Å². The molecule has 8 nitrogen and oxygen atoms in total. The lowest BCUT2D eigenvalue weighted by atomic mass is 10.0. The van der Waals surface area contributed by atoms with Crippen LogP contribution in [0, 0.1) is 0 Å². The molecule has 2 heterocycles. The first-order chi connectivity index (χ1) is 17.1. The van der Waals surface area contributed by atoms with Crippen LogP contribution in [0.4, 0.5) is 5.00 Å². The Labute approximate surface area is 211 Å². The number of carbonyl (C=O) groups is 2. The number of para-hydroxylation sites is 1. The molecule has 0 spiro atoms. The Balaban J connectivity index is 1.42. The normalized spacial score (nSPS) is 10.7. The standard InChI is InChI=1S/C25H24N4O4S2/c1-3-29-20(14-33-18-12-8-5-9-13-18)27-28-25(29)35-16-21(30)26-23-22(24(31)32-2)19(15-34-23)17-10-6-4-7-11-17/h4-13,15H,3,14,16H2,1-2H3,(H,26,30). The Bertz CT molecular complexity index is 1290.